The van der Waals surface area contributed by atoms with Crippen molar-refractivity contribution in [2.75, 3.05) is 20.2 Å². The van der Waals surface area contributed by atoms with Crippen LogP contribution in [0, 0.1) is 0 Å². The van der Waals surface area contributed by atoms with Gasteiger partial charge in [-0.3, -0.25) is 4.79 Å². The Morgan fingerprint density at radius 2 is 1.95 bits per heavy atom. The average molecular weight is 282 g/mol. The van der Waals surface area contributed by atoms with Crippen LogP contribution in [0.25, 0.3) is 0 Å². The molecule has 4 heteroatoms. The van der Waals surface area contributed by atoms with Crippen molar-refractivity contribution in [2.24, 2.45) is 0 Å². The molecule has 20 heavy (non-hydrogen) atoms. The van der Waals surface area contributed by atoms with Gasteiger partial charge in [-0.1, -0.05) is 19.3 Å². The second kappa shape index (κ2) is 7.99. The van der Waals surface area contributed by atoms with E-state index >= 15 is 0 Å². The first kappa shape index (κ1) is 15.8. The average Bonchev–Trinajstić information content (AvgIpc) is 3.28. The van der Waals surface area contributed by atoms with Crippen LogP contribution in [0.5, 0.6) is 0 Å². The van der Waals surface area contributed by atoms with Crippen LogP contribution < -0.4 is 5.32 Å². The molecule has 0 radical (unpaired) electrons. The lowest BCUT2D eigenvalue weighted by Crippen LogP contribution is -2.43. The molecule has 2 aliphatic carbocycles. The van der Waals surface area contributed by atoms with Gasteiger partial charge in [-0.15, -0.1) is 0 Å². The quantitative estimate of drug-likeness (QED) is 0.694. The van der Waals surface area contributed by atoms with E-state index in [-0.39, 0.29) is 12.0 Å². The third kappa shape index (κ3) is 5.06. The van der Waals surface area contributed by atoms with Gasteiger partial charge in [-0.2, -0.15) is 0 Å². The summed E-state index contributed by atoms with van der Waals surface area (Å²) in [4.78, 5) is 14.4. The zero-order valence-corrected chi connectivity index (χ0v) is 13.1. The number of carbonyl (C=O) groups excluding carboxylic acids is 1. The van der Waals surface area contributed by atoms with Crippen LogP contribution in [0.4, 0.5) is 0 Å². The Bertz CT molecular complexity index is 299. The minimum Gasteiger partial charge on any atom is -0.465 e. The molecule has 2 aliphatic rings. The highest BCUT2D eigenvalue weighted by Gasteiger charge is 2.29. The molecule has 4 nitrogen and oxygen atoms in total. The molecule has 1 atom stereocenters. The molecule has 0 amide bonds. The van der Waals surface area contributed by atoms with Crippen molar-refractivity contribution in [3.63, 3.8) is 0 Å². The molecule has 0 bridgehead atoms. The minimum absolute atomic E-state index is 0.0727. The number of nitrogens with one attached hydrogen (secondary N) is 1. The summed E-state index contributed by atoms with van der Waals surface area (Å²) >= 11 is 0. The van der Waals surface area contributed by atoms with Crippen molar-refractivity contribution in [2.45, 2.75) is 76.4 Å². The molecule has 116 valence electrons. The monoisotopic (exact) mass is 282 g/mol. The van der Waals surface area contributed by atoms with Gasteiger partial charge in [0.2, 0.25) is 0 Å². The number of esters is 1. The van der Waals surface area contributed by atoms with Gasteiger partial charge in [-0.25, -0.2) is 0 Å². The molecule has 0 aromatic heterocycles. The first-order valence-electron chi connectivity index (χ1n) is 8.33. The van der Waals surface area contributed by atoms with Gasteiger partial charge in [0.05, 0.1) is 6.61 Å². The lowest BCUT2D eigenvalue weighted by atomic mass is 9.94. The summed E-state index contributed by atoms with van der Waals surface area (Å²) in [5.74, 6) is -0.0727. The van der Waals surface area contributed by atoms with Crippen LogP contribution in [0.3, 0.4) is 0 Å². The number of ether oxygens (including phenoxy) is 1. The predicted octanol–water partition coefficient (Wildman–Crippen LogP) is 2.32. The van der Waals surface area contributed by atoms with Crippen molar-refractivity contribution < 1.29 is 9.53 Å². The highest BCUT2D eigenvalue weighted by molar-refractivity contribution is 5.75. The lowest BCUT2D eigenvalue weighted by molar-refractivity contribution is -0.146. The molecular formula is C16H30N2O2. The van der Waals surface area contributed by atoms with Crippen molar-refractivity contribution in [1.82, 2.24) is 10.2 Å². The second-order valence-electron chi connectivity index (χ2n) is 6.31. The van der Waals surface area contributed by atoms with Gasteiger partial charge in [0, 0.05) is 18.6 Å². The zero-order valence-electron chi connectivity index (χ0n) is 13.1. The fourth-order valence-corrected chi connectivity index (χ4v) is 3.08. The highest BCUT2D eigenvalue weighted by atomic mass is 16.5. The summed E-state index contributed by atoms with van der Waals surface area (Å²) in [5.41, 5.74) is 0. The molecule has 1 unspecified atom stereocenters. The molecule has 0 aromatic carbocycles. The minimum atomic E-state index is -0.117. The molecule has 1 N–H and O–H groups in total. The SMILES string of the molecule is CCOC(=O)C(CCN(C)C1CCCCC1)NC1CC1. The predicted molar refractivity (Wildman–Crippen MR) is 80.7 cm³/mol. The topological polar surface area (TPSA) is 41.6 Å². The summed E-state index contributed by atoms with van der Waals surface area (Å²) in [6, 6.07) is 1.14. The fraction of sp³-hybridized carbons (Fsp3) is 0.938. The normalized spacial score (nSPS) is 21.9. The number of hydrogen-bond donors (Lipinski definition) is 1. The molecule has 0 aliphatic heterocycles. The van der Waals surface area contributed by atoms with Crippen LogP contribution in [0.2, 0.25) is 0 Å². The summed E-state index contributed by atoms with van der Waals surface area (Å²) in [6.07, 6.45) is 10.0. The van der Waals surface area contributed by atoms with E-state index in [1.54, 1.807) is 0 Å². The van der Waals surface area contributed by atoms with Crippen LogP contribution in [0.1, 0.15) is 58.3 Å². The molecule has 0 aromatic rings. The molecule has 0 saturated heterocycles. The Balaban J connectivity index is 1.75. The van der Waals surface area contributed by atoms with Gasteiger partial charge in [0.25, 0.3) is 0 Å². The molecule has 2 rings (SSSR count). The number of nitrogens with zero attached hydrogens (tertiary/aromatic N) is 1. The van der Waals surface area contributed by atoms with Gasteiger partial charge in [-0.05, 0) is 46.1 Å². The number of hydrogen-bond acceptors (Lipinski definition) is 4. The maximum atomic E-state index is 12.0. The van der Waals surface area contributed by atoms with Crippen LogP contribution in [-0.4, -0.2) is 49.2 Å². The van der Waals surface area contributed by atoms with Gasteiger partial charge >= 0.3 is 5.97 Å². The van der Waals surface area contributed by atoms with E-state index in [4.69, 9.17) is 4.74 Å². The zero-order chi connectivity index (χ0) is 14.4. The van der Waals surface area contributed by atoms with E-state index in [1.807, 2.05) is 6.92 Å². The van der Waals surface area contributed by atoms with Crippen LogP contribution in [-0.2, 0) is 9.53 Å². The lowest BCUT2D eigenvalue weighted by Gasteiger charge is -2.32. The Kier molecular flexibility index (Phi) is 6.30. The van der Waals surface area contributed by atoms with Gasteiger partial charge < -0.3 is 15.0 Å². The van der Waals surface area contributed by atoms with Crippen molar-refractivity contribution >= 4 is 5.97 Å². The highest BCUT2D eigenvalue weighted by Crippen LogP contribution is 2.23. The van der Waals surface area contributed by atoms with Crippen molar-refractivity contribution in [1.29, 1.82) is 0 Å². The Hall–Kier alpha value is -0.610. The number of carbonyl (C=O) groups is 1. The molecular weight excluding hydrogens is 252 g/mol. The molecule has 0 spiro atoms. The molecule has 0 heterocycles. The summed E-state index contributed by atoms with van der Waals surface area (Å²) in [7, 11) is 2.20. The van der Waals surface area contributed by atoms with E-state index in [0.29, 0.717) is 18.7 Å². The second-order valence-corrected chi connectivity index (χ2v) is 6.31. The molecule has 2 fully saturated rings. The molecule has 2 saturated carbocycles. The van der Waals surface area contributed by atoms with Crippen molar-refractivity contribution in [3.8, 4) is 0 Å². The maximum absolute atomic E-state index is 12.0. The van der Waals surface area contributed by atoms with Crippen molar-refractivity contribution in [3.05, 3.63) is 0 Å². The van der Waals surface area contributed by atoms with Crippen LogP contribution in [0.15, 0.2) is 0 Å². The van der Waals surface area contributed by atoms with Crippen LogP contribution >= 0.6 is 0 Å². The summed E-state index contributed by atoms with van der Waals surface area (Å²) in [6.45, 7) is 3.33. The van der Waals surface area contributed by atoms with Gasteiger partial charge in [0.15, 0.2) is 0 Å². The first-order chi connectivity index (χ1) is 9.70. The third-order valence-corrected chi connectivity index (χ3v) is 4.55. The van der Waals surface area contributed by atoms with E-state index < -0.39 is 0 Å². The fourth-order valence-electron chi connectivity index (χ4n) is 3.08. The van der Waals surface area contributed by atoms with E-state index in [0.717, 1.165) is 13.0 Å². The standard InChI is InChI=1S/C16H30N2O2/c1-3-20-16(19)15(17-13-9-10-13)11-12-18(2)14-7-5-4-6-8-14/h13-15,17H,3-12H2,1-2H3. The Morgan fingerprint density at radius 1 is 1.25 bits per heavy atom. The smallest absolute Gasteiger partial charge is 0.323 e. The first-order valence-corrected chi connectivity index (χ1v) is 8.33. The largest absolute Gasteiger partial charge is 0.465 e. The van der Waals surface area contributed by atoms with E-state index in [9.17, 15) is 4.79 Å². The third-order valence-electron chi connectivity index (χ3n) is 4.55. The van der Waals surface area contributed by atoms with E-state index in [2.05, 4.69) is 17.3 Å². The summed E-state index contributed by atoms with van der Waals surface area (Å²) < 4.78 is 5.19. The Labute approximate surface area is 123 Å². The van der Waals surface area contributed by atoms with E-state index in [1.165, 1.54) is 44.9 Å². The maximum Gasteiger partial charge on any atom is 0.323 e. The summed E-state index contributed by atoms with van der Waals surface area (Å²) in [5, 5.41) is 3.43. The van der Waals surface area contributed by atoms with Gasteiger partial charge in [0.1, 0.15) is 6.04 Å². The Morgan fingerprint density at radius 3 is 2.55 bits per heavy atom. The number of rotatable bonds is 8.